The summed E-state index contributed by atoms with van der Waals surface area (Å²) < 4.78 is 27.6. The minimum atomic E-state index is -3.77. The van der Waals surface area contributed by atoms with Gasteiger partial charge in [0, 0.05) is 10.2 Å². The van der Waals surface area contributed by atoms with E-state index in [9.17, 15) is 8.42 Å². The zero-order valence-corrected chi connectivity index (χ0v) is 13.3. The lowest BCUT2D eigenvalue weighted by Crippen LogP contribution is -2.13. The van der Waals surface area contributed by atoms with E-state index < -0.39 is 10.0 Å². The van der Waals surface area contributed by atoms with E-state index >= 15 is 0 Å². The van der Waals surface area contributed by atoms with Crippen LogP contribution >= 0.6 is 39.1 Å². The molecule has 0 saturated heterocycles. The van der Waals surface area contributed by atoms with Crippen molar-refractivity contribution >= 4 is 54.8 Å². The minimum Gasteiger partial charge on any atom is -0.280 e. The number of sulfonamides is 1. The van der Waals surface area contributed by atoms with Gasteiger partial charge in [-0.15, -0.1) is 0 Å². The Kier molecular flexibility index (Phi) is 4.40. The number of hydrogen-bond donors (Lipinski definition) is 1. The normalized spacial score (nSPS) is 11.3. The quantitative estimate of drug-likeness (QED) is 0.848. The summed E-state index contributed by atoms with van der Waals surface area (Å²) >= 11 is 15.0. The van der Waals surface area contributed by atoms with Crippen molar-refractivity contribution in [2.75, 3.05) is 4.72 Å². The Hall–Kier alpha value is -0.750. The Morgan fingerprint density at radius 1 is 1.05 bits per heavy atom. The maximum atomic E-state index is 12.2. The van der Waals surface area contributed by atoms with Gasteiger partial charge in [0.15, 0.2) is 0 Å². The lowest BCUT2D eigenvalue weighted by Gasteiger charge is -2.10. The topological polar surface area (TPSA) is 46.2 Å². The predicted octanol–water partition coefficient (Wildman–Crippen LogP) is 4.56. The van der Waals surface area contributed by atoms with Crippen LogP contribution in [0, 0.1) is 0 Å². The van der Waals surface area contributed by atoms with Crippen molar-refractivity contribution in [3.8, 4) is 0 Å². The number of halogens is 3. The average molecular weight is 381 g/mol. The second kappa shape index (κ2) is 5.71. The third-order valence-corrected chi connectivity index (χ3v) is 5.13. The average Bonchev–Trinajstić information content (AvgIpc) is 2.32. The fraction of sp³-hybridized carbons (Fsp3) is 0. The molecule has 2 aromatic rings. The highest BCUT2D eigenvalue weighted by Crippen LogP contribution is 2.30. The van der Waals surface area contributed by atoms with Gasteiger partial charge in [0.2, 0.25) is 0 Å². The molecule has 0 atom stereocenters. The van der Waals surface area contributed by atoms with Gasteiger partial charge in [-0.1, -0.05) is 51.3 Å². The van der Waals surface area contributed by atoms with Gasteiger partial charge < -0.3 is 0 Å². The molecule has 0 aromatic heterocycles. The molecule has 7 heteroatoms. The van der Waals surface area contributed by atoms with E-state index in [-0.39, 0.29) is 14.9 Å². The summed E-state index contributed by atoms with van der Waals surface area (Å²) in [5.41, 5.74) is 0.436. The number of hydrogen-bond acceptors (Lipinski definition) is 2. The van der Waals surface area contributed by atoms with E-state index in [1.54, 1.807) is 24.3 Å². The van der Waals surface area contributed by atoms with E-state index in [2.05, 4.69) is 20.7 Å². The van der Waals surface area contributed by atoms with Crippen LogP contribution in [0.4, 0.5) is 5.69 Å². The molecule has 0 aliphatic carbocycles. The highest BCUT2D eigenvalue weighted by atomic mass is 79.9. The van der Waals surface area contributed by atoms with Crippen molar-refractivity contribution in [1.29, 1.82) is 0 Å². The highest BCUT2D eigenvalue weighted by molar-refractivity contribution is 9.10. The first-order valence-corrected chi connectivity index (χ1v) is 8.16. The molecule has 1 N–H and O–H groups in total. The Balaban J connectivity index is 2.41. The van der Waals surface area contributed by atoms with E-state index in [4.69, 9.17) is 23.2 Å². The number of benzene rings is 2. The summed E-state index contributed by atoms with van der Waals surface area (Å²) in [4.78, 5) is -0.0540. The van der Waals surface area contributed by atoms with Crippen molar-refractivity contribution in [3.05, 3.63) is 57.0 Å². The molecule has 0 unspecified atom stereocenters. The van der Waals surface area contributed by atoms with Crippen LogP contribution < -0.4 is 4.72 Å². The molecule has 2 aromatic carbocycles. The molecule has 0 fully saturated rings. The Morgan fingerprint density at radius 2 is 1.74 bits per heavy atom. The molecule has 0 radical (unpaired) electrons. The van der Waals surface area contributed by atoms with Crippen LogP contribution in [0.15, 0.2) is 51.8 Å². The second-order valence-electron chi connectivity index (χ2n) is 3.67. The number of anilines is 1. The smallest absolute Gasteiger partial charge is 0.263 e. The molecule has 19 heavy (non-hydrogen) atoms. The summed E-state index contributed by atoms with van der Waals surface area (Å²) in [6.07, 6.45) is 0. The third kappa shape index (κ3) is 3.42. The summed E-state index contributed by atoms with van der Waals surface area (Å²) in [5.74, 6) is 0. The van der Waals surface area contributed by atoms with Crippen molar-refractivity contribution in [2.45, 2.75) is 4.90 Å². The molecular formula is C12H8BrCl2NO2S. The summed E-state index contributed by atoms with van der Waals surface area (Å²) in [6, 6.07) is 11.3. The van der Waals surface area contributed by atoms with Gasteiger partial charge in [-0.2, -0.15) is 0 Å². The fourth-order valence-electron chi connectivity index (χ4n) is 1.45. The van der Waals surface area contributed by atoms with Crippen LogP contribution in [-0.4, -0.2) is 8.42 Å². The summed E-state index contributed by atoms with van der Waals surface area (Å²) in [7, 11) is -3.77. The van der Waals surface area contributed by atoms with Gasteiger partial charge in [-0.3, -0.25) is 4.72 Å². The van der Waals surface area contributed by atoms with Crippen LogP contribution in [-0.2, 0) is 10.0 Å². The Bertz CT molecular complexity index is 719. The zero-order chi connectivity index (χ0) is 14.0. The van der Waals surface area contributed by atoms with Gasteiger partial charge >= 0.3 is 0 Å². The van der Waals surface area contributed by atoms with Crippen molar-refractivity contribution in [1.82, 2.24) is 0 Å². The molecule has 100 valence electrons. The van der Waals surface area contributed by atoms with Crippen LogP contribution in [0.25, 0.3) is 0 Å². The molecular weight excluding hydrogens is 373 g/mol. The first kappa shape index (κ1) is 14.7. The lowest BCUT2D eigenvalue weighted by molar-refractivity contribution is 0.601. The number of rotatable bonds is 3. The van der Waals surface area contributed by atoms with E-state index in [1.165, 1.54) is 18.2 Å². The maximum absolute atomic E-state index is 12.2. The molecule has 0 spiro atoms. The van der Waals surface area contributed by atoms with Crippen molar-refractivity contribution < 1.29 is 8.42 Å². The van der Waals surface area contributed by atoms with Gasteiger partial charge in [0.25, 0.3) is 10.0 Å². The molecule has 2 rings (SSSR count). The highest BCUT2D eigenvalue weighted by Gasteiger charge is 2.19. The molecule has 3 nitrogen and oxygen atoms in total. The molecule has 0 aliphatic heterocycles. The molecule has 0 saturated carbocycles. The molecule has 0 amide bonds. The van der Waals surface area contributed by atoms with Gasteiger partial charge in [-0.05, 0) is 30.3 Å². The largest absolute Gasteiger partial charge is 0.280 e. The van der Waals surface area contributed by atoms with Gasteiger partial charge in [0.1, 0.15) is 4.90 Å². The SMILES string of the molecule is O=S(=O)(Nc1cccc(Br)c1)c1cccc(Cl)c1Cl. The first-order chi connectivity index (χ1) is 8.90. The standard InChI is InChI=1S/C12H8BrCl2NO2S/c13-8-3-1-4-9(7-8)16-19(17,18)11-6-2-5-10(14)12(11)15/h1-7,16H. The fourth-order valence-corrected chi connectivity index (χ4v) is 3.66. The van der Waals surface area contributed by atoms with Gasteiger partial charge in [-0.25, -0.2) is 8.42 Å². The lowest BCUT2D eigenvalue weighted by atomic mass is 10.3. The number of nitrogens with one attached hydrogen (secondary N) is 1. The molecule has 0 aliphatic rings. The zero-order valence-electron chi connectivity index (χ0n) is 9.40. The minimum absolute atomic E-state index is 0.00617. The predicted molar refractivity (Wildman–Crippen MR) is 81.4 cm³/mol. The molecule has 0 heterocycles. The second-order valence-corrected chi connectivity index (χ2v) is 7.02. The first-order valence-electron chi connectivity index (χ1n) is 5.12. The van der Waals surface area contributed by atoms with Crippen LogP contribution in [0.3, 0.4) is 0 Å². The Labute approximate surface area is 129 Å². The van der Waals surface area contributed by atoms with Crippen LogP contribution in [0.5, 0.6) is 0 Å². The van der Waals surface area contributed by atoms with Crippen LogP contribution in [0.2, 0.25) is 10.0 Å². The molecule has 0 bridgehead atoms. The third-order valence-electron chi connectivity index (χ3n) is 2.28. The van der Waals surface area contributed by atoms with Crippen molar-refractivity contribution in [3.63, 3.8) is 0 Å². The monoisotopic (exact) mass is 379 g/mol. The Morgan fingerprint density at radius 3 is 2.42 bits per heavy atom. The summed E-state index contributed by atoms with van der Waals surface area (Å²) in [6.45, 7) is 0. The van der Waals surface area contributed by atoms with E-state index in [1.807, 2.05) is 0 Å². The van der Waals surface area contributed by atoms with E-state index in [0.717, 1.165) is 4.47 Å². The van der Waals surface area contributed by atoms with Crippen LogP contribution in [0.1, 0.15) is 0 Å². The summed E-state index contributed by atoms with van der Waals surface area (Å²) in [5, 5.41) is 0.199. The maximum Gasteiger partial charge on any atom is 0.263 e. The van der Waals surface area contributed by atoms with E-state index in [0.29, 0.717) is 5.69 Å². The van der Waals surface area contributed by atoms with Crippen molar-refractivity contribution in [2.24, 2.45) is 0 Å². The van der Waals surface area contributed by atoms with Gasteiger partial charge in [0.05, 0.1) is 10.0 Å².